The number of hydrazone groups is 1. The molecule has 0 aliphatic rings. The molecule has 0 aliphatic carbocycles. The minimum atomic E-state index is -0.465. The molecule has 0 saturated heterocycles. The Hall–Kier alpha value is -4.00. The van der Waals surface area contributed by atoms with Crippen molar-refractivity contribution < 1.29 is 9.21 Å². The Bertz CT molecular complexity index is 1240. The monoisotopic (exact) mass is 386 g/mol. The van der Waals surface area contributed by atoms with Crippen LogP contribution < -0.4 is 11.0 Å². The minimum absolute atomic E-state index is 0.252. The number of nitrogens with zero attached hydrogens (tertiary/aromatic N) is 3. The third-order valence-electron chi connectivity index (χ3n) is 4.41. The summed E-state index contributed by atoms with van der Waals surface area (Å²) < 4.78 is 6.27. The fourth-order valence-corrected chi connectivity index (χ4v) is 2.97. The van der Waals surface area contributed by atoms with Crippen molar-refractivity contribution in [2.75, 3.05) is 0 Å². The highest BCUT2D eigenvalue weighted by Gasteiger charge is 2.14. The highest BCUT2D eigenvalue weighted by Crippen LogP contribution is 2.24. The van der Waals surface area contributed by atoms with Crippen molar-refractivity contribution >= 4 is 22.9 Å². The fraction of sp³-hybridized carbons (Fsp3) is 0.0909. The number of amides is 1. The van der Waals surface area contributed by atoms with Gasteiger partial charge in [-0.15, -0.1) is 0 Å². The van der Waals surface area contributed by atoms with E-state index in [1.165, 1.54) is 12.5 Å². The zero-order chi connectivity index (χ0) is 20.2. The summed E-state index contributed by atoms with van der Waals surface area (Å²) in [6, 6.07) is 18.5. The van der Waals surface area contributed by atoms with Gasteiger partial charge in [-0.25, -0.2) is 10.1 Å². The zero-order valence-electron chi connectivity index (χ0n) is 15.7. The highest BCUT2D eigenvalue weighted by molar-refractivity contribution is 5.94. The van der Waals surface area contributed by atoms with E-state index in [2.05, 4.69) is 15.6 Å². The molecule has 0 radical (unpaired) electrons. The molecule has 2 aromatic carbocycles. The van der Waals surface area contributed by atoms with E-state index in [9.17, 15) is 9.59 Å². The van der Waals surface area contributed by atoms with E-state index in [-0.39, 0.29) is 12.1 Å². The van der Waals surface area contributed by atoms with Crippen LogP contribution in [0.3, 0.4) is 0 Å². The molecule has 4 aromatic rings. The normalized spacial score (nSPS) is 11.2. The number of aromatic nitrogens is 2. The topological polar surface area (TPSA) is 89.5 Å². The largest absolute Gasteiger partial charge is 0.463 e. The van der Waals surface area contributed by atoms with Gasteiger partial charge in [-0.1, -0.05) is 48.0 Å². The summed E-state index contributed by atoms with van der Waals surface area (Å²) in [4.78, 5) is 25.1. The van der Waals surface area contributed by atoms with Crippen LogP contribution in [0.2, 0.25) is 0 Å². The lowest BCUT2D eigenvalue weighted by Crippen LogP contribution is -2.32. The Labute approximate surface area is 166 Å². The molecule has 0 unspecified atom stereocenters. The number of hydrogen-bond donors (Lipinski definition) is 1. The second kappa shape index (κ2) is 7.93. The highest BCUT2D eigenvalue weighted by atomic mass is 16.3. The lowest BCUT2D eigenvalue weighted by Gasteiger charge is -2.11. The van der Waals surface area contributed by atoms with Gasteiger partial charge in [-0.3, -0.25) is 9.59 Å². The molecule has 7 nitrogen and oxygen atoms in total. The molecule has 2 heterocycles. The Kier molecular flexibility index (Phi) is 5.03. The van der Waals surface area contributed by atoms with Gasteiger partial charge < -0.3 is 4.42 Å². The molecule has 0 fully saturated rings. The smallest absolute Gasteiger partial charge is 0.275 e. The van der Waals surface area contributed by atoms with Crippen molar-refractivity contribution in [3.05, 3.63) is 88.6 Å². The van der Waals surface area contributed by atoms with Crippen LogP contribution in [0.5, 0.6) is 0 Å². The van der Waals surface area contributed by atoms with Gasteiger partial charge in [0.2, 0.25) is 0 Å². The Morgan fingerprint density at radius 3 is 2.59 bits per heavy atom. The number of nitrogens with one attached hydrogen (secondary N) is 1. The fourth-order valence-electron chi connectivity index (χ4n) is 2.97. The van der Waals surface area contributed by atoms with Gasteiger partial charge in [0.05, 0.1) is 23.6 Å². The molecular weight excluding hydrogens is 368 g/mol. The van der Waals surface area contributed by atoms with E-state index < -0.39 is 5.91 Å². The van der Waals surface area contributed by atoms with Crippen molar-refractivity contribution in [3.63, 3.8) is 0 Å². The minimum Gasteiger partial charge on any atom is -0.463 e. The lowest BCUT2D eigenvalue weighted by atomic mass is 10.0. The first-order valence-electron chi connectivity index (χ1n) is 9.04. The molecule has 0 saturated carbocycles. The number of benzene rings is 2. The maximum atomic E-state index is 12.8. The standard InChI is InChI=1S/C22H18N4O3/c1-15-8-10-16(11-9-15)21-18-6-2-3-7-19(18)22(28)26(25-21)14-20(27)24-23-13-17-5-4-12-29-17/h2-13H,14H2,1H3,(H,24,27)/b23-13+. The molecule has 4 rings (SSSR count). The maximum absolute atomic E-state index is 12.8. The van der Waals surface area contributed by atoms with Crippen molar-refractivity contribution in [1.29, 1.82) is 0 Å². The van der Waals surface area contributed by atoms with Gasteiger partial charge >= 0.3 is 0 Å². The predicted molar refractivity (Wildman–Crippen MR) is 111 cm³/mol. The van der Waals surface area contributed by atoms with Gasteiger partial charge in [0.15, 0.2) is 0 Å². The summed E-state index contributed by atoms with van der Waals surface area (Å²) >= 11 is 0. The van der Waals surface area contributed by atoms with E-state index in [1.54, 1.807) is 24.3 Å². The van der Waals surface area contributed by atoms with Gasteiger partial charge in [-0.05, 0) is 25.1 Å². The van der Waals surface area contributed by atoms with Gasteiger partial charge in [0, 0.05) is 10.9 Å². The molecule has 0 spiro atoms. The second-order valence-electron chi connectivity index (χ2n) is 6.53. The number of fused-ring (bicyclic) bond motifs is 1. The van der Waals surface area contributed by atoms with Crippen LogP contribution in [0.4, 0.5) is 0 Å². The quantitative estimate of drug-likeness (QED) is 0.422. The SMILES string of the molecule is Cc1ccc(-c2nn(CC(=O)N/N=C/c3ccco3)c(=O)c3ccccc23)cc1. The van der Waals surface area contributed by atoms with Crippen LogP contribution in [0.15, 0.2) is 81.2 Å². The summed E-state index contributed by atoms with van der Waals surface area (Å²) in [5.41, 5.74) is 4.69. The van der Waals surface area contributed by atoms with Crippen molar-refractivity contribution in [3.8, 4) is 11.3 Å². The first-order chi connectivity index (χ1) is 14.1. The van der Waals surface area contributed by atoms with E-state index in [1.807, 2.05) is 43.3 Å². The Balaban J connectivity index is 1.67. The van der Waals surface area contributed by atoms with Crippen LogP contribution in [0, 0.1) is 6.92 Å². The number of rotatable bonds is 5. The molecule has 7 heteroatoms. The summed E-state index contributed by atoms with van der Waals surface area (Å²) in [7, 11) is 0. The zero-order valence-corrected chi connectivity index (χ0v) is 15.7. The molecule has 0 aliphatic heterocycles. The number of carbonyl (C=O) groups excluding carboxylic acids is 1. The third-order valence-corrected chi connectivity index (χ3v) is 4.41. The predicted octanol–water partition coefficient (Wildman–Crippen LogP) is 3.12. The van der Waals surface area contributed by atoms with Crippen LogP contribution >= 0.6 is 0 Å². The average molecular weight is 386 g/mol. The maximum Gasteiger partial charge on any atom is 0.275 e. The van der Waals surface area contributed by atoms with Crippen molar-refractivity contribution in [1.82, 2.24) is 15.2 Å². The first kappa shape index (κ1) is 18.4. The summed E-state index contributed by atoms with van der Waals surface area (Å²) in [6.07, 6.45) is 2.89. The molecule has 1 N–H and O–H groups in total. The summed E-state index contributed by atoms with van der Waals surface area (Å²) in [6.45, 7) is 1.75. The van der Waals surface area contributed by atoms with E-state index >= 15 is 0 Å². The number of furan rings is 1. The van der Waals surface area contributed by atoms with Gasteiger partial charge in [0.25, 0.3) is 11.5 Å². The molecular formula is C22H18N4O3. The molecule has 0 atom stereocenters. The van der Waals surface area contributed by atoms with E-state index in [4.69, 9.17) is 4.42 Å². The number of carbonyl (C=O) groups is 1. The van der Waals surface area contributed by atoms with Gasteiger partial charge in [0.1, 0.15) is 12.3 Å². The molecule has 29 heavy (non-hydrogen) atoms. The molecule has 144 valence electrons. The first-order valence-corrected chi connectivity index (χ1v) is 9.04. The van der Waals surface area contributed by atoms with E-state index in [0.717, 1.165) is 21.2 Å². The molecule has 0 bridgehead atoms. The molecule has 1 amide bonds. The van der Waals surface area contributed by atoms with E-state index in [0.29, 0.717) is 16.8 Å². The van der Waals surface area contributed by atoms with Crippen LogP contribution in [-0.4, -0.2) is 21.9 Å². The van der Waals surface area contributed by atoms with Crippen LogP contribution in [0.25, 0.3) is 22.0 Å². The Morgan fingerprint density at radius 1 is 1.10 bits per heavy atom. The van der Waals surface area contributed by atoms with Gasteiger partial charge in [-0.2, -0.15) is 10.2 Å². The Morgan fingerprint density at radius 2 is 1.86 bits per heavy atom. The van der Waals surface area contributed by atoms with Crippen LogP contribution in [0.1, 0.15) is 11.3 Å². The third kappa shape index (κ3) is 3.98. The van der Waals surface area contributed by atoms with Crippen molar-refractivity contribution in [2.24, 2.45) is 5.10 Å². The molecule has 2 aromatic heterocycles. The second-order valence-corrected chi connectivity index (χ2v) is 6.53. The van der Waals surface area contributed by atoms with Crippen LogP contribution in [-0.2, 0) is 11.3 Å². The number of hydrogen-bond acceptors (Lipinski definition) is 5. The summed E-state index contributed by atoms with van der Waals surface area (Å²) in [5, 5.41) is 9.55. The lowest BCUT2D eigenvalue weighted by molar-refractivity contribution is -0.121. The number of aryl methyl sites for hydroxylation is 1. The van der Waals surface area contributed by atoms with Crippen molar-refractivity contribution in [2.45, 2.75) is 13.5 Å². The average Bonchev–Trinajstić information content (AvgIpc) is 3.24. The summed E-state index contributed by atoms with van der Waals surface area (Å²) in [5.74, 6) is 0.0421.